The van der Waals surface area contributed by atoms with Crippen LogP contribution in [0.5, 0.6) is 0 Å². The Kier molecular flexibility index (Phi) is 7.32. The predicted molar refractivity (Wildman–Crippen MR) is 109 cm³/mol. The molecule has 3 rings (SSSR count). The van der Waals surface area contributed by atoms with E-state index in [4.69, 9.17) is 11.6 Å². The first-order chi connectivity index (χ1) is 15.0. The van der Waals surface area contributed by atoms with Gasteiger partial charge in [-0.3, -0.25) is 4.79 Å². The number of aliphatic imine (C=N–C) groups is 1. The third-order valence-corrected chi connectivity index (χ3v) is 5.04. The molecule has 4 N–H and O–H groups in total. The smallest absolute Gasteiger partial charge is 0.352 e. The van der Waals surface area contributed by atoms with Crippen molar-refractivity contribution >= 4 is 23.5 Å². The van der Waals surface area contributed by atoms with E-state index < -0.39 is 35.9 Å². The van der Waals surface area contributed by atoms with Gasteiger partial charge in [-0.2, -0.15) is 18.2 Å². The Balaban J connectivity index is 1.78. The quantitative estimate of drug-likeness (QED) is 0.309. The number of alkyl halides is 3. The lowest BCUT2D eigenvalue weighted by Crippen LogP contribution is -2.49. The Hall–Kier alpha value is -2.76. The molecule has 0 saturated carbocycles. The number of carbonyl (C=O) groups is 1. The second kappa shape index (κ2) is 9.80. The normalized spacial score (nSPS) is 19.2. The molecule has 2 aromatic rings. The lowest BCUT2D eigenvalue weighted by atomic mass is 10.1. The lowest BCUT2D eigenvalue weighted by molar-refractivity contribution is -0.153. The number of hydrogen-bond acceptors (Lipinski definition) is 3. The Morgan fingerprint density at radius 2 is 1.94 bits per heavy atom. The monoisotopic (exact) mass is 475 g/mol. The molecular weight excluding hydrogens is 457 g/mol. The van der Waals surface area contributed by atoms with Gasteiger partial charge < -0.3 is 10.6 Å². The van der Waals surface area contributed by atoms with Gasteiger partial charge >= 0.3 is 6.18 Å². The Bertz CT molecular complexity index is 1030. The van der Waals surface area contributed by atoms with Crippen LogP contribution >= 0.6 is 11.6 Å². The van der Waals surface area contributed by atoms with E-state index in [1.54, 1.807) is 0 Å². The summed E-state index contributed by atoms with van der Waals surface area (Å²) >= 11 is 6.00. The molecule has 1 aliphatic heterocycles. The summed E-state index contributed by atoms with van der Waals surface area (Å²) < 4.78 is 65.5. The number of hydrogen-bond donors (Lipinski definition) is 4. The SMILES string of the molecule is Cc1cc(C(=O)/N=C(/NCc2ccc(F)cc2Cl)NC2CC(C(F)(F)F)NN2)ccc1F. The Morgan fingerprint density at radius 3 is 2.56 bits per heavy atom. The maximum atomic E-state index is 13.5. The highest BCUT2D eigenvalue weighted by molar-refractivity contribution is 6.31. The van der Waals surface area contributed by atoms with Gasteiger partial charge in [-0.1, -0.05) is 17.7 Å². The van der Waals surface area contributed by atoms with Crippen LogP contribution < -0.4 is 21.5 Å². The van der Waals surface area contributed by atoms with E-state index in [0.717, 1.165) is 12.1 Å². The first kappa shape index (κ1) is 23.9. The fraction of sp³-hybridized carbons (Fsp3) is 0.300. The van der Waals surface area contributed by atoms with Gasteiger partial charge in [0, 0.05) is 23.6 Å². The highest BCUT2D eigenvalue weighted by Gasteiger charge is 2.44. The van der Waals surface area contributed by atoms with Crippen LogP contribution in [0.15, 0.2) is 41.4 Å². The summed E-state index contributed by atoms with van der Waals surface area (Å²) in [5, 5.41) is 5.61. The van der Waals surface area contributed by atoms with Gasteiger partial charge in [-0.05, 0) is 48.4 Å². The van der Waals surface area contributed by atoms with Crippen molar-refractivity contribution in [2.75, 3.05) is 0 Å². The number of rotatable bonds is 4. The topological polar surface area (TPSA) is 77.5 Å². The fourth-order valence-corrected chi connectivity index (χ4v) is 3.17. The summed E-state index contributed by atoms with van der Waals surface area (Å²) in [5.74, 6) is -1.91. The molecule has 1 aliphatic rings. The summed E-state index contributed by atoms with van der Waals surface area (Å²) in [6.45, 7) is 1.48. The Morgan fingerprint density at radius 1 is 1.19 bits per heavy atom. The van der Waals surface area contributed by atoms with Crippen molar-refractivity contribution < 1.29 is 26.7 Å². The van der Waals surface area contributed by atoms with Crippen LogP contribution in [0.2, 0.25) is 5.02 Å². The van der Waals surface area contributed by atoms with Crippen molar-refractivity contribution in [3.63, 3.8) is 0 Å². The first-order valence-corrected chi connectivity index (χ1v) is 9.82. The average Bonchev–Trinajstić information content (AvgIpc) is 3.18. The van der Waals surface area contributed by atoms with Crippen molar-refractivity contribution in [1.82, 2.24) is 21.5 Å². The van der Waals surface area contributed by atoms with E-state index in [1.807, 2.05) is 0 Å². The molecule has 0 spiro atoms. The van der Waals surface area contributed by atoms with E-state index in [0.29, 0.717) is 5.56 Å². The van der Waals surface area contributed by atoms with Gasteiger partial charge in [0.25, 0.3) is 5.91 Å². The van der Waals surface area contributed by atoms with E-state index >= 15 is 0 Å². The molecule has 32 heavy (non-hydrogen) atoms. The molecule has 1 saturated heterocycles. The lowest BCUT2D eigenvalue weighted by Gasteiger charge is -2.18. The van der Waals surface area contributed by atoms with Gasteiger partial charge in [0.2, 0.25) is 5.96 Å². The van der Waals surface area contributed by atoms with E-state index in [9.17, 15) is 26.7 Å². The number of aryl methyl sites for hydroxylation is 1. The van der Waals surface area contributed by atoms with Gasteiger partial charge in [0.1, 0.15) is 17.7 Å². The highest BCUT2D eigenvalue weighted by Crippen LogP contribution is 2.25. The Labute approximate surface area is 185 Å². The van der Waals surface area contributed by atoms with Gasteiger partial charge in [0.05, 0.1) is 6.17 Å². The van der Waals surface area contributed by atoms with E-state index in [2.05, 4.69) is 26.5 Å². The number of guanidine groups is 1. The van der Waals surface area contributed by atoms with Crippen LogP contribution in [0.1, 0.15) is 27.9 Å². The zero-order valence-electron chi connectivity index (χ0n) is 16.7. The molecular formula is C20H19ClF5N5O. The second-order valence-corrected chi connectivity index (χ2v) is 7.54. The molecule has 1 heterocycles. The number of benzene rings is 2. The van der Waals surface area contributed by atoms with Crippen molar-refractivity contribution in [2.24, 2.45) is 4.99 Å². The number of nitrogens with one attached hydrogen (secondary N) is 4. The average molecular weight is 476 g/mol. The highest BCUT2D eigenvalue weighted by atomic mass is 35.5. The summed E-state index contributed by atoms with van der Waals surface area (Å²) in [4.78, 5) is 16.5. The van der Waals surface area contributed by atoms with Crippen LogP contribution in [0.4, 0.5) is 22.0 Å². The molecule has 6 nitrogen and oxygen atoms in total. The number of nitrogens with zero attached hydrogens (tertiary/aromatic N) is 1. The molecule has 2 atom stereocenters. The van der Waals surface area contributed by atoms with Crippen molar-refractivity contribution in [1.29, 1.82) is 0 Å². The maximum absolute atomic E-state index is 13.5. The zero-order chi connectivity index (χ0) is 23.5. The number of amides is 1. The minimum atomic E-state index is -4.46. The number of halogens is 6. The van der Waals surface area contributed by atoms with Gasteiger partial charge in [-0.15, -0.1) is 0 Å². The summed E-state index contributed by atoms with van der Waals surface area (Å²) in [5.41, 5.74) is 5.38. The molecule has 0 bridgehead atoms. The minimum absolute atomic E-state index is 0.00349. The first-order valence-electron chi connectivity index (χ1n) is 9.44. The standard InChI is InChI=1S/C20H19ClF5N5O/c1-10-6-11(3-5-15(10)23)18(32)29-19(27-9-12-2-4-13(22)7-14(12)21)28-17-8-16(30-31-17)20(24,25)26/h2-7,16-17,30-31H,8-9H2,1H3,(H2,27,28,29,32). The molecule has 2 aromatic carbocycles. The predicted octanol–water partition coefficient (Wildman–Crippen LogP) is 3.56. The molecule has 0 aromatic heterocycles. The van der Waals surface area contributed by atoms with Crippen LogP contribution in [-0.4, -0.2) is 30.3 Å². The fourth-order valence-electron chi connectivity index (χ4n) is 2.94. The van der Waals surface area contributed by atoms with Crippen LogP contribution in [-0.2, 0) is 6.54 Å². The van der Waals surface area contributed by atoms with Crippen molar-refractivity contribution in [3.05, 3.63) is 69.7 Å². The van der Waals surface area contributed by atoms with Crippen LogP contribution in [0, 0.1) is 18.6 Å². The third-order valence-electron chi connectivity index (χ3n) is 4.69. The van der Waals surface area contributed by atoms with E-state index in [-0.39, 0.29) is 35.1 Å². The van der Waals surface area contributed by atoms with Gasteiger partial charge in [0.15, 0.2) is 0 Å². The second-order valence-electron chi connectivity index (χ2n) is 7.13. The van der Waals surface area contributed by atoms with Crippen LogP contribution in [0.3, 0.4) is 0 Å². The van der Waals surface area contributed by atoms with Gasteiger partial charge in [-0.25, -0.2) is 19.6 Å². The molecule has 2 unspecified atom stereocenters. The van der Waals surface area contributed by atoms with Crippen LogP contribution in [0.25, 0.3) is 0 Å². The summed E-state index contributed by atoms with van der Waals surface area (Å²) in [6.07, 6.45) is -5.73. The molecule has 12 heteroatoms. The third kappa shape index (κ3) is 6.15. The molecule has 1 amide bonds. The largest absolute Gasteiger partial charge is 0.405 e. The maximum Gasteiger partial charge on any atom is 0.405 e. The summed E-state index contributed by atoms with van der Waals surface area (Å²) in [6, 6.07) is 5.60. The zero-order valence-corrected chi connectivity index (χ0v) is 17.4. The minimum Gasteiger partial charge on any atom is -0.352 e. The number of carbonyl (C=O) groups excluding carboxylic acids is 1. The molecule has 0 aliphatic carbocycles. The number of hydrazine groups is 1. The molecule has 1 fully saturated rings. The summed E-state index contributed by atoms with van der Waals surface area (Å²) in [7, 11) is 0. The van der Waals surface area contributed by atoms with Crippen molar-refractivity contribution in [2.45, 2.75) is 38.3 Å². The van der Waals surface area contributed by atoms with Crippen molar-refractivity contribution in [3.8, 4) is 0 Å². The molecule has 0 radical (unpaired) electrons. The van der Waals surface area contributed by atoms with E-state index in [1.165, 1.54) is 31.2 Å². The molecule has 172 valence electrons.